The van der Waals surface area contributed by atoms with Gasteiger partial charge >= 0.3 is 12.5 Å². The highest BCUT2D eigenvalue weighted by molar-refractivity contribution is 6.11. The molecule has 1 aliphatic rings. The number of aromatic nitrogens is 1. The number of fused-ring (bicyclic) bond motifs is 3. The molecule has 0 unspecified atom stereocenters. The van der Waals surface area contributed by atoms with Gasteiger partial charge in [0.1, 0.15) is 11.3 Å². The number of allylic oxidation sites excluding steroid dienone is 1. The van der Waals surface area contributed by atoms with Crippen LogP contribution in [0, 0.1) is 0 Å². The topological polar surface area (TPSA) is 110 Å². The second-order valence-corrected chi connectivity index (χ2v) is 8.20. The fraction of sp³-hybridized carbons (Fsp3) is 0.318. The molecule has 0 amide bonds. The third kappa shape index (κ3) is 4.20. The highest BCUT2D eigenvalue weighted by Crippen LogP contribution is 2.38. The van der Waals surface area contributed by atoms with E-state index in [0.29, 0.717) is 29.1 Å². The zero-order chi connectivity index (χ0) is 23.8. The fourth-order valence-electron chi connectivity index (χ4n) is 3.61. The maximum atomic E-state index is 12.6. The Hall–Kier alpha value is -3.69. The summed E-state index contributed by atoms with van der Waals surface area (Å²) in [4.78, 5) is 27.1. The Bertz CT molecular complexity index is 1180. The number of aromatic carboxylic acids is 1. The van der Waals surface area contributed by atoms with Crippen molar-refractivity contribution in [3.8, 4) is 17.0 Å². The smallest absolute Gasteiger partial charge is 0.341 e. The van der Waals surface area contributed by atoms with Crippen LogP contribution in [0.1, 0.15) is 42.3 Å². The highest BCUT2D eigenvalue weighted by atomic mass is 19.3. The van der Waals surface area contributed by atoms with Crippen LogP contribution >= 0.6 is 0 Å². The number of halogens is 2. The van der Waals surface area contributed by atoms with E-state index in [1.807, 2.05) is 25.8 Å². The molecule has 0 fully saturated rings. The Morgan fingerprint density at radius 2 is 1.97 bits per heavy atom. The van der Waals surface area contributed by atoms with Crippen LogP contribution in [-0.2, 0) is 6.54 Å². The molecule has 3 rings (SSSR count). The summed E-state index contributed by atoms with van der Waals surface area (Å²) in [5.41, 5.74) is 6.89. The molecule has 0 radical (unpaired) electrons. The highest BCUT2D eigenvalue weighted by Gasteiger charge is 2.31. The average molecular weight is 446 g/mol. The lowest BCUT2D eigenvalue weighted by Crippen LogP contribution is -2.51. The van der Waals surface area contributed by atoms with Gasteiger partial charge in [-0.25, -0.2) is 9.79 Å². The number of benzene rings is 1. The summed E-state index contributed by atoms with van der Waals surface area (Å²) < 4.78 is 32.3. The quantitative estimate of drug-likeness (QED) is 0.540. The Morgan fingerprint density at radius 1 is 1.28 bits per heavy atom. The van der Waals surface area contributed by atoms with Crippen LogP contribution in [0.5, 0.6) is 5.75 Å². The van der Waals surface area contributed by atoms with Crippen molar-refractivity contribution in [2.45, 2.75) is 39.4 Å². The summed E-state index contributed by atoms with van der Waals surface area (Å²) >= 11 is 0. The summed E-state index contributed by atoms with van der Waals surface area (Å²) in [5, 5.41) is 11.3. The standard InChI is InChI=1S/C22H24F2N4O4/c1-22(2,3)28-10-12-5-15(13(8-25)9-26-21(23)24)19(32-4)6-14(12)17-7-18(29)16(20(30)31)11-27(17)28/h5-9,11,21H,10,25H2,1-4H3,(H,30,31). The minimum Gasteiger partial charge on any atom is -0.496 e. The van der Waals surface area contributed by atoms with Gasteiger partial charge in [0.2, 0.25) is 0 Å². The molecule has 3 N–H and O–H groups in total. The van der Waals surface area contributed by atoms with Crippen molar-refractivity contribution in [1.29, 1.82) is 0 Å². The Balaban J connectivity index is 2.29. The van der Waals surface area contributed by atoms with Gasteiger partial charge in [-0.2, -0.15) is 8.78 Å². The lowest BCUT2D eigenvalue weighted by atomic mass is 9.93. The number of carbonyl (C=O) groups is 1. The van der Waals surface area contributed by atoms with E-state index in [-0.39, 0.29) is 11.1 Å². The van der Waals surface area contributed by atoms with E-state index >= 15 is 0 Å². The average Bonchev–Trinajstić information content (AvgIpc) is 2.71. The lowest BCUT2D eigenvalue weighted by molar-refractivity contribution is 0.0694. The van der Waals surface area contributed by atoms with Crippen molar-refractivity contribution in [3.05, 3.63) is 57.5 Å². The molecule has 2 aromatic rings. The minimum atomic E-state index is -2.88. The molecule has 10 heteroatoms. The molecular weight excluding hydrogens is 422 g/mol. The predicted molar refractivity (Wildman–Crippen MR) is 118 cm³/mol. The Kier molecular flexibility index (Phi) is 6.07. The van der Waals surface area contributed by atoms with Gasteiger partial charge in [-0.3, -0.25) is 9.47 Å². The summed E-state index contributed by atoms with van der Waals surface area (Å²) in [6.07, 6.45) is 3.46. The monoisotopic (exact) mass is 446 g/mol. The summed E-state index contributed by atoms with van der Waals surface area (Å²) in [6, 6.07) is 4.70. The number of nitrogens with two attached hydrogens (primary N) is 1. The fourth-order valence-corrected chi connectivity index (χ4v) is 3.61. The molecule has 170 valence electrons. The van der Waals surface area contributed by atoms with E-state index in [9.17, 15) is 23.5 Å². The second-order valence-electron chi connectivity index (χ2n) is 8.20. The summed E-state index contributed by atoms with van der Waals surface area (Å²) in [5.74, 6) is -0.972. The van der Waals surface area contributed by atoms with E-state index in [0.717, 1.165) is 18.0 Å². The number of rotatable bonds is 5. The number of aliphatic imine (C=N–C) groups is 1. The van der Waals surface area contributed by atoms with E-state index in [1.165, 1.54) is 19.4 Å². The van der Waals surface area contributed by atoms with Crippen molar-refractivity contribution in [1.82, 2.24) is 4.68 Å². The van der Waals surface area contributed by atoms with Gasteiger partial charge in [0.15, 0.2) is 5.43 Å². The first kappa shape index (κ1) is 23.0. The third-order valence-electron chi connectivity index (χ3n) is 5.13. The molecule has 32 heavy (non-hydrogen) atoms. The summed E-state index contributed by atoms with van der Waals surface area (Å²) in [6.45, 7) is 3.32. The van der Waals surface area contributed by atoms with E-state index < -0.39 is 23.5 Å². The maximum Gasteiger partial charge on any atom is 0.341 e. The van der Waals surface area contributed by atoms with Gasteiger partial charge in [-0.1, -0.05) is 0 Å². The molecule has 1 aromatic carbocycles. The number of carboxylic acids is 1. The molecule has 0 aliphatic carbocycles. The van der Waals surface area contributed by atoms with Crippen molar-refractivity contribution < 1.29 is 23.4 Å². The Morgan fingerprint density at radius 3 is 2.50 bits per heavy atom. The van der Waals surface area contributed by atoms with Crippen LogP contribution in [-0.4, -0.2) is 41.2 Å². The van der Waals surface area contributed by atoms with Crippen molar-refractivity contribution in [3.63, 3.8) is 0 Å². The van der Waals surface area contributed by atoms with Crippen molar-refractivity contribution in [2.75, 3.05) is 12.1 Å². The maximum absolute atomic E-state index is 12.6. The van der Waals surface area contributed by atoms with Gasteiger partial charge in [-0.05, 0) is 38.5 Å². The SMILES string of the molecule is COc1cc2c(cc1C(C=NC(F)F)=CN)CN(C(C)(C)C)n1cc(C(=O)O)c(=O)cc1-2. The number of nitrogens with zero attached hydrogens (tertiary/aromatic N) is 3. The van der Waals surface area contributed by atoms with Gasteiger partial charge < -0.3 is 20.6 Å². The van der Waals surface area contributed by atoms with Crippen LogP contribution in [0.3, 0.4) is 0 Å². The predicted octanol–water partition coefficient (Wildman–Crippen LogP) is 3.07. The lowest BCUT2D eigenvalue weighted by Gasteiger charge is -2.44. The van der Waals surface area contributed by atoms with Crippen molar-refractivity contribution >= 4 is 17.8 Å². The number of pyridine rings is 1. The number of hydrogen-bond donors (Lipinski definition) is 2. The van der Waals surface area contributed by atoms with Crippen LogP contribution in [0.15, 0.2) is 40.4 Å². The van der Waals surface area contributed by atoms with E-state index in [4.69, 9.17) is 10.5 Å². The first-order chi connectivity index (χ1) is 15.0. The second kappa shape index (κ2) is 8.45. The molecule has 0 atom stereocenters. The molecule has 8 nitrogen and oxygen atoms in total. The van der Waals surface area contributed by atoms with Crippen LogP contribution < -0.4 is 20.9 Å². The van der Waals surface area contributed by atoms with Crippen LogP contribution in [0.4, 0.5) is 8.78 Å². The van der Waals surface area contributed by atoms with Crippen LogP contribution in [0.2, 0.25) is 0 Å². The van der Waals surface area contributed by atoms with Crippen molar-refractivity contribution in [2.24, 2.45) is 10.7 Å². The van der Waals surface area contributed by atoms with Gasteiger partial charge in [-0.15, -0.1) is 0 Å². The molecule has 0 bridgehead atoms. The largest absolute Gasteiger partial charge is 0.496 e. The number of carboxylic acid groups (broad SMARTS) is 1. The first-order valence-corrected chi connectivity index (χ1v) is 9.70. The molecule has 0 saturated carbocycles. The third-order valence-corrected chi connectivity index (χ3v) is 5.13. The Labute approximate surface area is 183 Å². The molecule has 2 heterocycles. The number of hydrogen-bond acceptors (Lipinski definition) is 6. The molecule has 0 saturated heterocycles. The molecule has 1 aliphatic heterocycles. The van der Waals surface area contributed by atoms with Crippen LogP contribution in [0.25, 0.3) is 16.8 Å². The first-order valence-electron chi connectivity index (χ1n) is 9.70. The van der Waals surface area contributed by atoms with E-state index in [1.54, 1.807) is 16.8 Å². The number of alkyl halides is 2. The number of ether oxygens (including phenoxy) is 1. The normalized spacial score (nSPS) is 14.0. The van der Waals surface area contributed by atoms with Gasteiger partial charge in [0.25, 0.3) is 0 Å². The van der Waals surface area contributed by atoms with Gasteiger partial charge in [0.05, 0.1) is 19.3 Å². The number of methoxy groups -OCH3 is 1. The molecule has 0 spiro atoms. The van der Waals surface area contributed by atoms with Gasteiger partial charge in [0, 0.05) is 46.9 Å². The molecular formula is C22H24F2N4O4. The zero-order valence-corrected chi connectivity index (χ0v) is 18.1. The summed E-state index contributed by atoms with van der Waals surface area (Å²) in [7, 11) is 1.43. The zero-order valence-electron chi connectivity index (χ0n) is 18.1. The minimum absolute atomic E-state index is 0.247. The van der Waals surface area contributed by atoms with E-state index in [2.05, 4.69) is 4.99 Å². The molecule has 1 aromatic heterocycles.